The zero-order valence-corrected chi connectivity index (χ0v) is 47.5. The largest absolute Gasteiger partial charge is 0.472 e. The summed E-state index contributed by atoms with van der Waals surface area (Å²) in [6.07, 6.45) is 66.8. The number of quaternary nitrogens is 1. The van der Waals surface area contributed by atoms with E-state index in [0.717, 1.165) is 44.9 Å². The number of amides is 1. The third-order valence-electron chi connectivity index (χ3n) is 13.6. The lowest BCUT2D eigenvalue weighted by Crippen LogP contribution is -2.45. The molecule has 0 radical (unpaired) electrons. The van der Waals surface area contributed by atoms with Gasteiger partial charge in [0.15, 0.2) is 0 Å². The predicted molar refractivity (Wildman–Crippen MR) is 300 cm³/mol. The molecule has 3 atom stereocenters. The minimum absolute atomic E-state index is 0.0611. The molecule has 0 rings (SSSR count). The first-order chi connectivity index (χ1) is 33.5. The summed E-state index contributed by atoms with van der Waals surface area (Å²) in [5.74, 6) is -0.178. The van der Waals surface area contributed by atoms with Crippen LogP contribution in [0.3, 0.4) is 0 Å². The summed E-state index contributed by atoms with van der Waals surface area (Å²) in [6, 6.07) is -0.849. The lowest BCUT2D eigenvalue weighted by atomic mass is 10.0. The molecule has 1 amide bonds. The Hall–Kier alpha value is -1.28. The first-order valence-corrected chi connectivity index (χ1v) is 31.4. The van der Waals surface area contributed by atoms with E-state index in [9.17, 15) is 19.4 Å². The molecule has 0 aromatic rings. The number of hydrogen-bond acceptors (Lipinski definition) is 5. The molecule has 0 saturated heterocycles. The number of hydrogen-bond donors (Lipinski definition) is 3. The molecule has 0 aliphatic rings. The molecule has 408 valence electrons. The maximum Gasteiger partial charge on any atom is 0.472 e. The van der Waals surface area contributed by atoms with Crippen molar-refractivity contribution in [1.29, 1.82) is 0 Å². The number of rotatable bonds is 55. The Kier molecular flexibility index (Phi) is 50.7. The van der Waals surface area contributed by atoms with Gasteiger partial charge in [0.05, 0.1) is 39.9 Å². The van der Waals surface area contributed by atoms with E-state index >= 15 is 0 Å². The molecule has 0 saturated carbocycles. The molecule has 0 fully saturated rings. The average Bonchev–Trinajstić information content (AvgIpc) is 3.31. The van der Waals surface area contributed by atoms with Crippen molar-refractivity contribution in [3.8, 4) is 0 Å². The van der Waals surface area contributed by atoms with Gasteiger partial charge in [-0.15, -0.1) is 0 Å². The van der Waals surface area contributed by atoms with Gasteiger partial charge in [0.1, 0.15) is 13.2 Å². The highest BCUT2D eigenvalue weighted by atomic mass is 31.2. The normalized spacial score (nSPS) is 14.1. The van der Waals surface area contributed by atoms with Crippen molar-refractivity contribution in [3.05, 3.63) is 36.5 Å². The van der Waals surface area contributed by atoms with E-state index in [1.807, 2.05) is 27.2 Å². The molecule has 9 heteroatoms. The number of phosphoric ester groups is 1. The smallest absolute Gasteiger partial charge is 0.387 e. The van der Waals surface area contributed by atoms with Crippen LogP contribution in [-0.2, 0) is 18.4 Å². The van der Waals surface area contributed by atoms with Gasteiger partial charge in [-0.1, -0.05) is 269 Å². The van der Waals surface area contributed by atoms with Crippen molar-refractivity contribution in [3.63, 3.8) is 0 Å². The number of nitrogens with one attached hydrogen (secondary N) is 1. The summed E-state index contributed by atoms with van der Waals surface area (Å²) in [4.78, 5) is 23.3. The standard InChI is InChI=1S/C60H117N2O6P/c1-6-8-10-12-14-16-18-20-22-24-26-27-28-29-30-31-32-33-34-36-37-39-41-43-45-47-49-51-53-59(63)58(57-68-69(65,66)67-56-55-62(3,4)5)61-60(64)54-52-50-48-46-44-42-40-38-35-25-23-21-19-17-15-13-11-9-7-2/h15,17,21,23,51,53,58-59,63H,6-14,16,18-20,22,24-50,52,54-57H2,1-5H3,(H-,61,64,65,66)/p+1/b17-15-,23-21-,53-51+. The Balaban J connectivity index is 4.16. The molecule has 0 bridgehead atoms. The fraction of sp³-hybridized carbons (Fsp3) is 0.883. The summed E-state index contributed by atoms with van der Waals surface area (Å²) in [7, 11) is 1.58. The van der Waals surface area contributed by atoms with Gasteiger partial charge < -0.3 is 19.8 Å². The minimum atomic E-state index is -4.35. The number of phosphoric acid groups is 1. The van der Waals surface area contributed by atoms with E-state index in [1.54, 1.807) is 6.08 Å². The van der Waals surface area contributed by atoms with E-state index in [2.05, 4.69) is 43.5 Å². The number of likely N-dealkylation sites (N-methyl/N-ethyl adjacent to an activating group) is 1. The second kappa shape index (κ2) is 51.6. The van der Waals surface area contributed by atoms with Gasteiger partial charge in [0.25, 0.3) is 0 Å². The quantitative estimate of drug-likeness (QED) is 0.0243. The van der Waals surface area contributed by atoms with Crippen molar-refractivity contribution in [2.75, 3.05) is 40.9 Å². The average molecular weight is 995 g/mol. The number of aliphatic hydroxyl groups is 1. The van der Waals surface area contributed by atoms with Crippen molar-refractivity contribution in [1.82, 2.24) is 5.32 Å². The predicted octanol–water partition coefficient (Wildman–Crippen LogP) is 18.2. The van der Waals surface area contributed by atoms with E-state index in [1.165, 1.54) is 225 Å². The first-order valence-electron chi connectivity index (χ1n) is 29.9. The second-order valence-corrected chi connectivity index (χ2v) is 23.2. The molecular formula is C60H118N2O6P+. The monoisotopic (exact) mass is 994 g/mol. The number of aliphatic hydroxyl groups excluding tert-OH is 1. The molecule has 0 spiro atoms. The molecular weight excluding hydrogens is 876 g/mol. The van der Waals surface area contributed by atoms with Crippen LogP contribution >= 0.6 is 7.82 Å². The van der Waals surface area contributed by atoms with E-state index in [0.29, 0.717) is 17.4 Å². The van der Waals surface area contributed by atoms with Gasteiger partial charge in [-0.25, -0.2) is 4.57 Å². The maximum atomic E-state index is 13.0. The van der Waals surface area contributed by atoms with Crippen LogP contribution in [0, 0.1) is 0 Å². The molecule has 69 heavy (non-hydrogen) atoms. The van der Waals surface area contributed by atoms with Crippen LogP contribution < -0.4 is 5.32 Å². The maximum absolute atomic E-state index is 13.0. The van der Waals surface area contributed by atoms with Gasteiger partial charge in [0, 0.05) is 6.42 Å². The minimum Gasteiger partial charge on any atom is -0.387 e. The molecule has 0 aliphatic carbocycles. The molecule has 8 nitrogen and oxygen atoms in total. The number of carbonyl (C=O) groups is 1. The zero-order valence-electron chi connectivity index (χ0n) is 46.6. The van der Waals surface area contributed by atoms with Crippen molar-refractivity contribution in [2.24, 2.45) is 0 Å². The number of carbonyl (C=O) groups excluding carboxylic acids is 1. The Bertz CT molecular complexity index is 1220. The number of unbranched alkanes of at least 4 members (excludes halogenated alkanes) is 38. The van der Waals surface area contributed by atoms with Gasteiger partial charge in [-0.05, 0) is 51.4 Å². The molecule has 3 N–H and O–H groups in total. The van der Waals surface area contributed by atoms with Crippen LogP contribution in [0.5, 0.6) is 0 Å². The van der Waals surface area contributed by atoms with Gasteiger partial charge in [-0.2, -0.15) is 0 Å². The number of allylic oxidation sites excluding steroid dienone is 5. The molecule has 3 unspecified atom stereocenters. The van der Waals surface area contributed by atoms with E-state index in [-0.39, 0.29) is 19.1 Å². The summed E-state index contributed by atoms with van der Waals surface area (Å²) < 4.78 is 23.7. The topological polar surface area (TPSA) is 105 Å². The Morgan fingerprint density at radius 2 is 0.826 bits per heavy atom. The fourth-order valence-electron chi connectivity index (χ4n) is 8.90. The van der Waals surface area contributed by atoms with Crippen LogP contribution in [0.15, 0.2) is 36.5 Å². The molecule has 0 aromatic heterocycles. The van der Waals surface area contributed by atoms with Gasteiger partial charge in [0.2, 0.25) is 5.91 Å². The van der Waals surface area contributed by atoms with Crippen LogP contribution in [0.1, 0.15) is 290 Å². The third-order valence-corrected chi connectivity index (χ3v) is 14.6. The summed E-state index contributed by atoms with van der Waals surface area (Å²) in [5, 5.41) is 14.0. The SMILES string of the molecule is CCCCC/C=C\C/C=C\CCCCCCCCCCCC(=O)NC(COP(=O)(O)OCC[N+](C)(C)C)C(O)/C=C/CCCCCCCCCCCCCCCCCCCCCCCCCCCC. The van der Waals surface area contributed by atoms with Crippen LogP contribution in [0.25, 0.3) is 0 Å². The highest BCUT2D eigenvalue weighted by molar-refractivity contribution is 7.47. The Morgan fingerprint density at radius 1 is 0.493 bits per heavy atom. The van der Waals surface area contributed by atoms with E-state index in [4.69, 9.17) is 9.05 Å². The molecule has 0 heterocycles. The van der Waals surface area contributed by atoms with Gasteiger partial charge >= 0.3 is 7.82 Å². The van der Waals surface area contributed by atoms with Crippen molar-refractivity contribution >= 4 is 13.7 Å². The van der Waals surface area contributed by atoms with Crippen LogP contribution in [0.2, 0.25) is 0 Å². The summed E-state index contributed by atoms with van der Waals surface area (Å²) >= 11 is 0. The van der Waals surface area contributed by atoms with Gasteiger partial charge in [-0.3, -0.25) is 13.8 Å². The summed E-state index contributed by atoms with van der Waals surface area (Å²) in [6.45, 7) is 4.82. The Labute approximate surface area is 429 Å². The van der Waals surface area contributed by atoms with E-state index < -0.39 is 20.0 Å². The van der Waals surface area contributed by atoms with Crippen LogP contribution in [0.4, 0.5) is 0 Å². The first kappa shape index (κ1) is 67.7. The lowest BCUT2D eigenvalue weighted by molar-refractivity contribution is -0.870. The van der Waals surface area contributed by atoms with Crippen molar-refractivity contribution < 1.29 is 32.9 Å². The fourth-order valence-corrected chi connectivity index (χ4v) is 9.63. The molecule has 0 aromatic carbocycles. The number of nitrogens with zero attached hydrogens (tertiary/aromatic N) is 1. The van der Waals surface area contributed by atoms with Crippen molar-refractivity contribution in [2.45, 2.75) is 302 Å². The van der Waals surface area contributed by atoms with Crippen LogP contribution in [-0.4, -0.2) is 73.4 Å². The second-order valence-electron chi connectivity index (χ2n) is 21.7. The highest BCUT2D eigenvalue weighted by Crippen LogP contribution is 2.43. The zero-order chi connectivity index (χ0) is 50.6. The lowest BCUT2D eigenvalue weighted by Gasteiger charge is -2.25. The Morgan fingerprint density at radius 3 is 1.22 bits per heavy atom. The third kappa shape index (κ3) is 54.3. The summed E-state index contributed by atoms with van der Waals surface area (Å²) in [5.41, 5.74) is 0. The molecule has 0 aliphatic heterocycles. The highest BCUT2D eigenvalue weighted by Gasteiger charge is 2.27.